The maximum Gasteiger partial charge on any atom is 0.0329 e. The highest BCUT2D eigenvalue weighted by Crippen LogP contribution is 2.43. The summed E-state index contributed by atoms with van der Waals surface area (Å²) in [5, 5.41) is 0. The summed E-state index contributed by atoms with van der Waals surface area (Å²) in [4.78, 5) is 4.37. The molecule has 0 amide bonds. The largest absolute Gasteiger partial charge is 0.300 e. The van der Waals surface area contributed by atoms with E-state index in [9.17, 15) is 0 Å². The van der Waals surface area contributed by atoms with Crippen molar-refractivity contribution in [1.29, 1.82) is 0 Å². The maximum atomic E-state index is 4.37. The second-order valence-corrected chi connectivity index (χ2v) is 5.39. The highest BCUT2D eigenvalue weighted by atomic mass is 14.7. The molecule has 1 saturated carbocycles. The molecule has 1 aromatic rings. The normalized spacial score (nSPS) is 29.7. The number of benzene rings is 1. The van der Waals surface area contributed by atoms with Gasteiger partial charge in [-0.1, -0.05) is 44.0 Å². The topological polar surface area (TPSA) is 12.4 Å². The molecule has 1 unspecified atom stereocenters. The van der Waals surface area contributed by atoms with Gasteiger partial charge in [0.15, 0.2) is 0 Å². The fraction of sp³-hybridized carbons (Fsp3) is 0.562. The van der Waals surface area contributed by atoms with Crippen LogP contribution < -0.4 is 0 Å². The van der Waals surface area contributed by atoms with Crippen molar-refractivity contribution in [2.75, 3.05) is 7.05 Å². The number of rotatable bonds is 2. The summed E-state index contributed by atoms with van der Waals surface area (Å²) in [5.74, 6) is 0.695. The fourth-order valence-electron chi connectivity index (χ4n) is 3.36. The van der Waals surface area contributed by atoms with Gasteiger partial charge in [0, 0.05) is 18.7 Å². The Labute approximate surface area is 105 Å². The lowest BCUT2D eigenvalue weighted by Crippen LogP contribution is -2.38. The Kier molecular flexibility index (Phi) is 3.66. The molecule has 1 heteroatoms. The van der Waals surface area contributed by atoms with E-state index in [1.54, 1.807) is 0 Å². The number of aliphatic imine (C=N–C) groups is 1. The van der Waals surface area contributed by atoms with E-state index in [1.165, 1.54) is 36.8 Å². The minimum atomic E-state index is 0.179. The minimum absolute atomic E-state index is 0.179. The van der Waals surface area contributed by atoms with Gasteiger partial charge in [-0.3, -0.25) is 4.99 Å². The first kappa shape index (κ1) is 12.3. The summed E-state index contributed by atoms with van der Waals surface area (Å²) in [6, 6.07) is 8.80. The maximum absolute atomic E-state index is 4.37. The van der Waals surface area contributed by atoms with Gasteiger partial charge in [0.05, 0.1) is 0 Å². The van der Waals surface area contributed by atoms with Crippen molar-refractivity contribution in [2.24, 2.45) is 10.9 Å². The third kappa shape index (κ3) is 2.15. The van der Waals surface area contributed by atoms with Crippen LogP contribution in [-0.2, 0) is 5.41 Å². The summed E-state index contributed by atoms with van der Waals surface area (Å²) in [7, 11) is 1.90. The molecule has 92 valence electrons. The quantitative estimate of drug-likeness (QED) is 0.676. The fourth-order valence-corrected chi connectivity index (χ4v) is 3.36. The van der Waals surface area contributed by atoms with E-state index in [2.05, 4.69) is 49.3 Å². The van der Waals surface area contributed by atoms with Crippen LogP contribution >= 0.6 is 0 Å². The lowest BCUT2D eigenvalue weighted by Gasteiger charge is -2.41. The predicted octanol–water partition coefficient (Wildman–Crippen LogP) is 4.14. The van der Waals surface area contributed by atoms with Gasteiger partial charge in [-0.2, -0.15) is 0 Å². The molecule has 0 saturated heterocycles. The van der Waals surface area contributed by atoms with E-state index in [0.29, 0.717) is 5.92 Å². The van der Waals surface area contributed by atoms with Crippen molar-refractivity contribution in [2.45, 2.75) is 44.9 Å². The van der Waals surface area contributed by atoms with E-state index < -0.39 is 0 Å². The van der Waals surface area contributed by atoms with Gasteiger partial charge in [0.2, 0.25) is 0 Å². The lowest BCUT2D eigenvalue weighted by molar-refractivity contribution is 0.277. The van der Waals surface area contributed by atoms with Gasteiger partial charge in [-0.25, -0.2) is 0 Å². The Morgan fingerprint density at radius 2 is 2.06 bits per heavy atom. The van der Waals surface area contributed by atoms with Crippen LogP contribution in [0.2, 0.25) is 0 Å². The third-order valence-electron chi connectivity index (χ3n) is 4.36. The Morgan fingerprint density at radius 3 is 2.71 bits per heavy atom. The molecular weight excluding hydrogens is 206 g/mol. The predicted molar refractivity (Wildman–Crippen MR) is 74.9 cm³/mol. The van der Waals surface area contributed by atoms with Crippen molar-refractivity contribution < 1.29 is 0 Å². The molecular formula is C16H23N. The number of aryl methyl sites for hydroxylation is 1. The summed E-state index contributed by atoms with van der Waals surface area (Å²) < 4.78 is 0. The van der Waals surface area contributed by atoms with Gasteiger partial charge >= 0.3 is 0 Å². The molecule has 0 aromatic heterocycles. The Bertz CT molecular complexity index is 408. The first-order chi connectivity index (χ1) is 8.20. The molecule has 2 rings (SSSR count). The first-order valence-electron chi connectivity index (χ1n) is 6.70. The Balaban J connectivity index is 2.50. The number of hydrogen-bond donors (Lipinski definition) is 0. The average molecular weight is 229 g/mol. The molecule has 0 heterocycles. The van der Waals surface area contributed by atoms with E-state index in [-0.39, 0.29) is 5.41 Å². The molecule has 1 fully saturated rings. The van der Waals surface area contributed by atoms with Crippen LogP contribution in [0.15, 0.2) is 29.3 Å². The van der Waals surface area contributed by atoms with Crippen LogP contribution in [0.5, 0.6) is 0 Å². The van der Waals surface area contributed by atoms with Crippen molar-refractivity contribution in [3.05, 3.63) is 35.4 Å². The van der Waals surface area contributed by atoms with Gasteiger partial charge in [-0.15, -0.1) is 0 Å². The van der Waals surface area contributed by atoms with Crippen LogP contribution in [0.1, 0.15) is 43.7 Å². The molecule has 1 aliphatic rings. The Hall–Kier alpha value is -1.11. The molecule has 0 N–H and O–H groups in total. The van der Waals surface area contributed by atoms with Crippen LogP contribution in [0.4, 0.5) is 0 Å². The zero-order chi connectivity index (χ0) is 12.3. The van der Waals surface area contributed by atoms with Gasteiger partial charge in [0.1, 0.15) is 0 Å². The van der Waals surface area contributed by atoms with Crippen LogP contribution in [0, 0.1) is 12.8 Å². The zero-order valence-electron chi connectivity index (χ0n) is 11.2. The van der Waals surface area contributed by atoms with Crippen LogP contribution in [0.25, 0.3) is 0 Å². The molecule has 0 bridgehead atoms. The molecule has 0 aliphatic heterocycles. The van der Waals surface area contributed by atoms with Gasteiger partial charge in [0.25, 0.3) is 0 Å². The van der Waals surface area contributed by atoms with Crippen molar-refractivity contribution in [3.63, 3.8) is 0 Å². The standard InChI is InChI=1S/C16H23N/c1-13-8-4-5-10-15(13)16(12-17-3)11-7-6-9-14(16)2/h4-5,8,10,12,14H,6-7,9,11H2,1-3H3/b17-12-/t14?,16-/m1/s1. The van der Waals surface area contributed by atoms with E-state index in [0.717, 1.165) is 0 Å². The van der Waals surface area contributed by atoms with Gasteiger partial charge < -0.3 is 0 Å². The zero-order valence-corrected chi connectivity index (χ0v) is 11.2. The smallest absolute Gasteiger partial charge is 0.0329 e. The van der Waals surface area contributed by atoms with Crippen molar-refractivity contribution >= 4 is 6.21 Å². The third-order valence-corrected chi connectivity index (χ3v) is 4.36. The molecule has 1 aromatic carbocycles. The van der Waals surface area contributed by atoms with Crippen molar-refractivity contribution in [1.82, 2.24) is 0 Å². The highest BCUT2D eigenvalue weighted by molar-refractivity contribution is 5.75. The highest BCUT2D eigenvalue weighted by Gasteiger charge is 2.38. The van der Waals surface area contributed by atoms with E-state index in [1.807, 2.05) is 7.05 Å². The summed E-state index contributed by atoms with van der Waals surface area (Å²) >= 11 is 0. The minimum Gasteiger partial charge on any atom is -0.300 e. The van der Waals surface area contributed by atoms with E-state index in [4.69, 9.17) is 0 Å². The second-order valence-electron chi connectivity index (χ2n) is 5.39. The van der Waals surface area contributed by atoms with Crippen molar-refractivity contribution in [3.8, 4) is 0 Å². The molecule has 2 atom stereocenters. The Morgan fingerprint density at radius 1 is 1.29 bits per heavy atom. The average Bonchev–Trinajstić information content (AvgIpc) is 2.33. The molecule has 0 radical (unpaired) electrons. The summed E-state index contributed by atoms with van der Waals surface area (Å²) in [6.07, 6.45) is 7.47. The summed E-state index contributed by atoms with van der Waals surface area (Å²) in [6.45, 7) is 4.61. The lowest BCUT2D eigenvalue weighted by atomic mass is 9.63. The number of hydrogen-bond acceptors (Lipinski definition) is 1. The SMILES string of the molecule is C/N=C\[C@]1(c2ccccc2C)CCCCC1C. The van der Waals surface area contributed by atoms with E-state index >= 15 is 0 Å². The summed E-state index contributed by atoms with van der Waals surface area (Å²) in [5.41, 5.74) is 3.07. The number of nitrogens with zero attached hydrogens (tertiary/aromatic N) is 1. The molecule has 0 spiro atoms. The first-order valence-corrected chi connectivity index (χ1v) is 6.70. The monoisotopic (exact) mass is 229 g/mol. The van der Waals surface area contributed by atoms with Crippen LogP contribution in [0.3, 0.4) is 0 Å². The van der Waals surface area contributed by atoms with Gasteiger partial charge in [-0.05, 0) is 36.8 Å². The van der Waals surface area contributed by atoms with Crippen LogP contribution in [-0.4, -0.2) is 13.3 Å². The molecule has 1 aliphatic carbocycles. The molecule has 17 heavy (non-hydrogen) atoms. The molecule has 1 nitrogen and oxygen atoms in total. The second kappa shape index (κ2) is 5.03.